The van der Waals surface area contributed by atoms with E-state index in [-0.39, 0.29) is 24.6 Å². The first kappa shape index (κ1) is 50.1. The van der Waals surface area contributed by atoms with Gasteiger partial charge in [-0.05, 0) is 114 Å². The van der Waals surface area contributed by atoms with Crippen molar-refractivity contribution in [1.82, 2.24) is 5.32 Å². The number of para-hydroxylation sites is 1. The molecule has 0 radical (unpaired) electrons. The second kappa shape index (κ2) is 24.8. The van der Waals surface area contributed by atoms with Crippen molar-refractivity contribution in [3.8, 4) is 0 Å². The molecule has 1 amide bonds. The minimum absolute atomic E-state index is 0. The van der Waals surface area contributed by atoms with Gasteiger partial charge >= 0.3 is 23.9 Å². The Labute approximate surface area is 357 Å². The van der Waals surface area contributed by atoms with Crippen molar-refractivity contribution < 1.29 is 48.1 Å². The number of hydrogen-bond acceptors (Lipinski definition) is 11. The second-order valence-electron chi connectivity index (χ2n) is 14.4. The first-order valence-electron chi connectivity index (χ1n) is 19.3. The summed E-state index contributed by atoms with van der Waals surface area (Å²) in [4.78, 5) is 73.1. The molecule has 0 saturated heterocycles. The fraction of sp³-hybridized carbons (Fsp3) is 0.348. The maximum Gasteiger partial charge on any atom is 0.340 e. The third-order valence-corrected chi connectivity index (χ3v) is 9.18. The van der Waals surface area contributed by atoms with Crippen LogP contribution in [-0.4, -0.2) is 72.5 Å². The Morgan fingerprint density at radius 1 is 0.667 bits per heavy atom. The molecule has 5 N–H and O–H groups in total. The molecule has 4 rings (SSSR count). The Morgan fingerprint density at radius 3 is 1.63 bits per heavy atom. The Kier molecular flexibility index (Phi) is 20.7. The maximum atomic E-state index is 12.6. The molecule has 0 aromatic heterocycles. The van der Waals surface area contributed by atoms with Crippen molar-refractivity contribution in [3.63, 3.8) is 0 Å². The number of benzene rings is 4. The van der Waals surface area contributed by atoms with Crippen LogP contribution in [0.5, 0.6) is 0 Å². The summed E-state index contributed by atoms with van der Waals surface area (Å²) in [5.74, 6) is -3.69. The van der Waals surface area contributed by atoms with Crippen LogP contribution in [0.1, 0.15) is 96.2 Å². The van der Waals surface area contributed by atoms with Crippen LogP contribution >= 0.6 is 12.4 Å². The van der Waals surface area contributed by atoms with Crippen molar-refractivity contribution in [2.75, 3.05) is 25.1 Å². The van der Waals surface area contributed by atoms with Crippen molar-refractivity contribution >= 4 is 53.7 Å². The van der Waals surface area contributed by atoms with Gasteiger partial charge in [0.15, 0.2) is 13.2 Å². The molecule has 60 heavy (non-hydrogen) atoms. The summed E-state index contributed by atoms with van der Waals surface area (Å²) in [6, 6.07) is 21.8. The lowest BCUT2D eigenvalue weighted by Gasteiger charge is -2.20. The summed E-state index contributed by atoms with van der Waals surface area (Å²) in [7, 11) is 0. The lowest BCUT2D eigenvalue weighted by molar-refractivity contribution is -0.142. The number of carboxylic acid groups (broad SMARTS) is 1. The molecule has 14 heteroatoms. The number of nitrogens with one attached hydrogen (secondary N) is 2. The molecule has 0 saturated carbocycles. The number of carbonyl (C=O) groups is 6. The zero-order valence-electron chi connectivity index (χ0n) is 35.2. The van der Waals surface area contributed by atoms with E-state index in [1.54, 1.807) is 31.2 Å². The normalized spacial score (nSPS) is 11.3. The molecule has 0 aliphatic heterocycles. The minimum atomic E-state index is -1.09. The van der Waals surface area contributed by atoms with Crippen LogP contribution in [0.15, 0.2) is 78.9 Å². The van der Waals surface area contributed by atoms with E-state index in [2.05, 4.69) is 10.6 Å². The Hall–Kier alpha value is -6.05. The fourth-order valence-electron chi connectivity index (χ4n) is 6.42. The maximum absolute atomic E-state index is 12.6. The molecule has 4 aromatic carbocycles. The predicted molar refractivity (Wildman–Crippen MR) is 232 cm³/mol. The van der Waals surface area contributed by atoms with Crippen molar-refractivity contribution in [2.45, 2.75) is 86.4 Å². The lowest BCUT2D eigenvalue weighted by atomic mass is 10.00. The number of nitrogens with two attached hydrogens (primary N) is 1. The molecule has 4 aromatic rings. The number of halogens is 1. The van der Waals surface area contributed by atoms with Gasteiger partial charge in [0.1, 0.15) is 18.7 Å². The number of unbranched alkanes of at least 4 members (excludes halogenated alkanes) is 1. The summed E-state index contributed by atoms with van der Waals surface area (Å²) in [5, 5.41) is 14.8. The SMILES string of the molecule is CC(Nc1ccccc1C(=O)OCc1ccccc1)C(=O)NC(CCCCN)C(=O)O.Cc1cc(C)c(C(=O)OCC(=O)COC(=O)c2c(C)cc(C)cc2C)c(C)c1.Cl. The van der Waals surface area contributed by atoms with E-state index < -0.39 is 60.9 Å². The van der Waals surface area contributed by atoms with E-state index in [9.17, 15) is 33.9 Å². The van der Waals surface area contributed by atoms with E-state index >= 15 is 0 Å². The number of hydrogen-bond donors (Lipinski definition) is 4. The molecule has 0 bridgehead atoms. The number of ketones is 1. The molecule has 13 nitrogen and oxygen atoms in total. The monoisotopic (exact) mass is 845 g/mol. The number of aliphatic carboxylic acids is 1. The smallest absolute Gasteiger partial charge is 0.340 e. The van der Waals surface area contributed by atoms with Crippen LogP contribution < -0.4 is 16.4 Å². The number of carboxylic acids is 1. The molecule has 0 heterocycles. The van der Waals surface area contributed by atoms with Gasteiger partial charge in [-0.3, -0.25) is 9.59 Å². The fourth-order valence-corrected chi connectivity index (χ4v) is 6.42. The molecule has 2 unspecified atom stereocenters. The van der Waals surface area contributed by atoms with E-state index in [1.165, 1.54) is 0 Å². The molecular weight excluding hydrogens is 790 g/mol. The van der Waals surface area contributed by atoms with E-state index in [0.717, 1.165) is 38.9 Å². The number of amides is 1. The molecule has 0 spiro atoms. The molecule has 0 fully saturated rings. The number of aryl methyl sites for hydroxylation is 6. The summed E-state index contributed by atoms with van der Waals surface area (Å²) in [5.41, 5.74) is 13.2. The first-order valence-corrected chi connectivity index (χ1v) is 19.3. The zero-order valence-corrected chi connectivity index (χ0v) is 36.0. The van der Waals surface area contributed by atoms with Gasteiger partial charge in [0.25, 0.3) is 0 Å². The van der Waals surface area contributed by atoms with Crippen molar-refractivity contribution in [3.05, 3.63) is 134 Å². The number of anilines is 1. The quantitative estimate of drug-likeness (QED) is 0.0451. The van der Waals surface area contributed by atoms with Crippen molar-refractivity contribution in [2.24, 2.45) is 5.73 Å². The summed E-state index contributed by atoms with van der Waals surface area (Å²) < 4.78 is 15.6. The highest BCUT2D eigenvalue weighted by Crippen LogP contribution is 2.20. The average molecular weight is 846 g/mol. The van der Waals surface area contributed by atoms with E-state index in [4.69, 9.17) is 19.9 Å². The van der Waals surface area contributed by atoms with Crippen molar-refractivity contribution in [1.29, 1.82) is 0 Å². The average Bonchev–Trinajstić information content (AvgIpc) is 3.18. The van der Waals surface area contributed by atoms with Crippen LogP contribution in [0.2, 0.25) is 0 Å². The lowest BCUT2D eigenvalue weighted by Crippen LogP contribution is -2.47. The third kappa shape index (κ3) is 15.6. The number of rotatable bonds is 18. The second-order valence-corrected chi connectivity index (χ2v) is 14.4. The zero-order chi connectivity index (χ0) is 43.6. The first-order chi connectivity index (χ1) is 28.0. The molecule has 0 aliphatic carbocycles. The molecular formula is C46H56ClN3O10. The Balaban J connectivity index is 0.000000409. The van der Waals surface area contributed by atoms with Crippen LogP contribution in [0.3, 0.4) is 0 Å². The molecule has 322 valence electrons. The van der Waals surface area contributed by atoms with Gasteiger partial charge in [-0.2, -0.15) is 0 Å². The number of esters is 3. The van der Waals surface area contributed by atoms with Gasteiger partial charge in [0, 0.05) is 5.69 Å². The van der Waals surface area contributed by atoms with E-state index in [1.807, 2.05) is 96.1 Å². The third-order valence-electron chi connectivity index (χ3n) is 9.18. The van der Waals surface area contributed by atoms with Crippen LogP contribution in [-0.2, 0) is 35.2 Å². The van der Waals surface area contributed by atoms with Crippen LogP contribution in [0.25, 0.3) is 0 Å². The van der Waals surface area contributed by atoms with Crippen LogP contribution in [0, 0.1) is 41.5 Å². The summed E-state index contributed by atoms with van der Waals surface area (Å²) in [6.45, 7) is 12.5. The number of Topliss-reactive ketones (excluding diaryl/α,β-unsaturated/α-hetero) is 1. The minimum Gasteiger partial charge on any atom is -0.480 e. The topological polar surface area (TPSA) is 200 Å². The summed E-state index contributed by atoms with van der Waals surface area (Å²) >= 11 is 0. The van der Waals surface area contributed by atoms with Gasteiger partial charge in [-0.25, -0.2) is 19.2 Å². The highest BCUT2D eigenvalue weighted by atomic mass is 35.5. The highest BCUT2D eigenvalue weighted by molar-refractivity contribution is 5.98. The largest absolute Gasteiger partial charge is 0.480 e. The van der Waals surface area contributed by atoms with Gasteiger partial charge < -0.3 is 35.7 Å². The van der Waals surface area contributed by atoms with Gasteiger partial charge in [-0.1, -0.05) is 77.9 Å². The van der Waals surface area contributed by atoms with Gasteiger partial charge in [0.05, 0.1) is 16.7 Å². The molecule has 2 atom stereocenters. The van der Waals surface area contributed by atoms with Gasteiger partial charge in [-0.15, -0.1) is 12.4 Å². The standard InChI is InChI=1S/C23H29N3O5.C23H26O5.ClH/c1-16(21(27)26-20(22(28)29)13-7-8-14-24)25-19-12-6-5-11-18(19)23(30)31-15-17-9-3-2-4-10-17;1-13-7-15(3)20(16(4)8-13)22(25)27-11-19(24)12-28-23(26)21-17(5)9-14(2)10-18(21)6;/h2-6,9-12,16,20,25H,7-8,13-15,24H2,1H3,(H,26,27)(H,28,29);7-10H,11-12H2,1-6H3;1H. The van der Waals surface area contributed by atoms with Crippen LogP contribution in [0.4, 0.5) is 5.69 Å². The Morgan fingerprint density at radius 2 is 1.15 bits per heavy atom. The predicted octanol–water partition coefficient (Wildman–Crippen LogP) is 7.08. The molecule has 0 aliphatic rings. The highest BCUT2D eigenvalue weighted by Gasteiger charge is 2.24. The number of ether oxygens (including phenoxy) is 3. The summed E-state index contributed by atoms with van der Waals surface area (Å²) in [6.07, 6.45) is 1.59. The Bertz CT molecular complexity index is 2000. The van der Waals surface area contributed by atoms with Gasteiger partial charge in [0.2, 0.25) is 11.7 Å². The number of carbonyl (C=O) groups excluding carboxylic acids is 5. The van der Waals surface area contributed by atoms with E-state index in [0.29, 0.717) is 42.6 Å².